The molecule has 15 rings (SSSR count). The number of nitrogens with zero attached hydrogens (tertiary/aromatic N) is 8. The van der Waals surface area contributed by atoms with Gasteiger partial charge in [0.25, 0.3) is 0 Å². The monoisotopic (exact) mass is 1030 g/mol. The molecule has 0 aliphatic rings. The minimum atomic E-state index is 0.407. The van der Waals surface area contributed by atoms with Gasteiger partial charge < -0.3 is 13.7 Å². The van der Waals surface area contributed by atoms with Crippen molar-refractivity contribution >= 4 is 65.4 Å². The number of nitriles is 3. The lowest BCUT2D eigenvalue weighted by atomic mass is 9.97. The molecule has 0 N–H and O–H groups in total. The zero-order valence-corrected chi connectivity index (χ0v) is 43.3. The summed E-state index contributed by atoms with van der Waals surface area (Å²) in [7, 11) is 0. The topological polar surface area (TPSA) is 112 Å². The first-order chi connectivity index (χ1) is 40.0. The van der Waals surface area contributed by atoms with E-state index in [1.165, 1.54) is 21.5 Å². The van der Waals surface area contributed by atoms with Crippen molar-refractivity contribution in [1.82, 2.24) is 23.7 Å². The molecule has 0 aliphatic carbocycles. The first-order valence-electron chi connectivity index (χ1n) is 26.7. The minimum Gasteiger partial charge on any atom is -0.309 e. The van der Waals surface area contributed by atoms with E-state index in [9.17, 15) is 15.8 Å². The van der Waals surface area contributed by atoms with Gasteiger partial charge in [-0.2, -0.15) is 15.8 Å². The first-order valence-corrected chi connectivity index (χ1v) is 26.7. The van der Waals surface area contributed by atoms with Crippen LogP contribution in [0.2, 0.25) is 0 Å². The summed E-state index contributed by atoms with van der Waals surface area (Å²) in [4.78, 5) is 9.85. The fraction of sp³-hybridized carbons (Fsp3) is 0. The van der Waals surface area contributed by atoms with Crippen LogP contribution in [0.1, 0.15) is 16.7 Å². The van der Waals surface area contributed by atoms with E-state index in [4.69, 9.17) is 9.97 Å². The van der Waals surface area contributed by atoms with Gasteiger partial charge in [-0.15, -0.1) is 0 Å². The Bertz CT molecular complexity index is 4860. The fourth-order valence-electron chi connectivity index (χ4n) is 12.1. The fourth-order valence-corrected chi connectivity index (χ4v) is 12.1. The quantitative estimate of drug-likeness (QED) is 0.150. The second-order valence-electron chi connectivity index (χ2n) is 20.3. The third-order valence-electron chi connectivity index (χ3n) is 15.8. The smallest absolute Gasteiger partial charge is 0.161 e. The highest BCUT2D eigenvalue weighted by atomic mass is 15.0. The maximum absolute atomic E-state index is 11.1. The van der Waals surface area contributed by atoms with Crippen molar-refractivity contribution in [3.8, 4) is 91.4 Å². The van der Waals surface area contributed by atoms with Gasteiger partial charge in [-0.05, 0) is 119 Å². The van der Waals surface area contributed by atoms with E-state index in [0.717, 1.165) is 88.8 Å². The maximum Gasteiger partial charge on any atom is 0.161 e. The molecule has 0 fully saturated rings. The van der Waals surface area contributed by atoms with Crippen LogP contribution in [0, 0.1) is 34.0 Å². The number of aromatic nitrogens is 5. The standard InChI is InChI=1S/C73H42N8/c74-43-51-13-1-3-15-56(51)65-42-64(77-73(78-65)57-16-4-2-14-52(57)44-75)49-31-29-47(30-32-49)46-25-27-48(28-26-46)50-33-36-66(53(39-50)45-76)81-71-37-34-54(79-67-21-9-5-17-58(67)59-18-6-10-22-68(59)79)40-62(71)63-41-55(35-38-72(63)81)80-69-23-11-7-19-60(69)61-20-8-12-24-70(61)80/h1-42H. The molecule has 0 spiro atoms. The van der Waals surface area contributed by atoms with Crippen molar-refractivity contribution in [3.05, 3.63) is 271 Å². The van der Waals surface area contributed by atoms with Gasteiger partial charge in [-0.3, -0.25) is 0 Å². The molecule has 0 amide bonds. The normalized spacial score (nSPS) is 11.4. The van der Waals surface area contributed by atoms with Gasteiger partial charge in [-0.1, -0.05) is 158 Å². The Balaban J connectivity index is 0.807. The highest BCUT2D eigenvalue weighted by molar-refractivity contribution is 6.14. The van der Waals surface area contributed by atoms with Gasteiger partial charge in [0.05, 0.1) is 79.0 Å². The number of rotatable bonds is 8. The molecule has 0 unspecified atom stereocenters. The van der Waals surface area contributed by atoms with Crippen LogP contribution in [0.4, 0.5) is 0 Å². The third kappa shape index (κ3) is 7.58. The Morgan fingerprint density at radius 1 is 0.272 bits per heavy atom. The Labute approximate surface area is 465 Å². The summed E-state index contributed by atoms with van der Waals surface area (Å²) in [5.41, 5.74) is 18.4. The number of benzene rings is 11. The average Bonchev–Trinajstić information content (AvgIpc) is 4.05. The molecule has 0 saturated heterocycles. The summed E-state index contributed by atoms with van der Waals surface area (Å²) in [6.45, 7) is 0. The van der Waals surface area contributed by atoms with E-state index in [1.54, 1.807) is 12.1 Å². The zero-order valence-electron chi connectivity index (χ0n) is 43.3. The number of hydrogen-bond acceptors (Lipinski definition) is 5. The van der Waals surface area contributed by atoms with Crippen molar-refractivity contribution < 1.29 is 0 Å². The molecule has 8 heteroatoms. The molecule has 15 aromatic rings. The van der Waals surface area contributed by atoms with E-state index in [2.05, 4.69) is 214 Å². The lowest BCUT2D eigenvalue weighted by molar-refractivity contribution is 1.15. The third-order valence-corrected chi connectivity index (χ3v) is 15.8. The molecule has 4 aromatic heterocycles. The molecule has 0 bridgehead atoms. The number of hydrogen-bond donors (Lipinski definition) is 0. The molecule has 0 saturated carbocycles. The molecule has 0 radical (unpaired) electrons. The Morgan fingerprint density at radius 3 is 1.15 bits per heavy atom. The SMILES string of the molecule is N#Cc1ccccc1-c1cc(-c2ccc(-c3ccc(-c4ccc(-n5c6ccc(-n7c8ccccc8c8ccccc87)cc6c6cc(-n7c8ccccc8c8ccccc87)ccc65)c(C#N)c4)cc3)cc2)nc(-c2ccccc2C#N)n1. The van der Waals surface area contributed by atoms with Crippen LogP contribution < -0.4 is 0 Å². The molecule has 374 valence electrons. The number of fused-ring (bicyclic) bond motifs is 9. The van der Waals surface area contributed by atoms with Gasteiger partial charge in [0.2, 0.25) is 0 Å². The van der Waals surface area contributed by atoms with Crippen molar-refractivity contribution in [3.63, 3.8) is 0 Å². The van der Waals surface area contributed by atoms with E-state index in [-0.39, 0.29) is 0 Å². The van der Waals surface area contributed by atoms with Gasteiger partial charge in [0.15, 0.2) is 5.82 Å². The Kier molecular flexibility index (Phi) is 10.8. The molecule has 0 atom stereocenters. The van der Waals surface area contributed by atoms with Crippen LogP contribution in [-0.2, 0) is 0 Å². The molecule has 8 nitrogen and oxygen atoms in total. The second kappa shape index (κ2) is 18.8. The summed E-state index contributed by atoms with van der Waals surface area (Å²) in [5.74, 6) is 0.407. The highest BCUT2D eigenvalue weighted by Gasteiger charge is 2.21. The molecule has 11 aromatic carbocycles. The lowest BCUT2D eigenvalue weighted by Gasteiger charge is -2.13. The van der Waals surface area contributed by atoms with Gasteiger partial charge in [-0.25, -0.2) is 9.97 Å². The van der Waals surface area contributed by atoms with Crippen molar-refractivity contribution in [2.75, 3.05) is 0 Å². The average molecular weight is 1030 g/mol. The second-order valence-corrected chi connectivity index (χ2v) is 20.3. The van der Waals surface area contributed by atoms with Crippen molar-refractivity contribution in [2.24, 2.45) is 0 Å². The molecular weight excluding hydrogens is 989 g/mol. The van der Waals surface area contributed by atoms with E-state index in [0.29, 0.717) is 45.0 Å². The van der Waals surface area contributed by atoms with Crippen LogP contribution >= 0.6 is 0 Å². The van der Waals surface area contributed by atoms with Crippen molar-refractivity contribution in [1.29, 1.82) is 15.8 Å². The Morgan fingerprint density at radius 2 is 0.654 bits per heavy atom. The van der Waals surface area contributed by atoms with Crippen LogP contribution in [0.3, 0.4) is 0 Å². The molecule has 81 heavy (non-hydrogen) atoms. The van der Waals surface area contributed by atoms with Crippen molar-refractivity contribution in [2.45, 2.75) is 0 Å². The summed E-state index contributed by atoms with van der Waals surface area (Å²) in [5, 5.41) is 38.0. The van der Waals surface area contributed by atoms with E-state index in [1.807, 2.05) is 60.7 Å². The van der Waals surface area contributed by atoms with Crippen LogP contribution in [0.15, 0.2) is 255 Å². The maximum atomic E-state index is 11.1. The predicted octanol–water partition coefficient (Wildman–Crippen LogP) is 17.7. The molecule has 0 aliphatic heterocycles. The van der Waals surface area contributed by atoms with E-state index >= 15 is 0 Å². The van der Waals surface area contributed by atoms with Crippen LogP contribution in [-0.4, -0.2) is 23.7 Å². The first kappa shape index (κ1) is 46.7. The van der Waals surface area contributed by atoms with Crippen LogP contribution in [0.5, 0.6) is 0 Å². The minimum absolute atomic E-state index is 0.407. The molecular formula is C73H42N8. The summed E-state index contributed by atoms with van der Waals surface area (Å²) in [6.07, 6.45) is 0. The van der Waals surface area contributed by atoms with Gasteiger partial charge >= 0.3 is 0 Å². The number of para-hydroxylation sites is 4. The zero-order chi connectivity index (χ0) is 54.1. The van der Waals surface area contributed by atoms with E-state index < -0.39 is 0 Å². The van der Waals surface area contributed by atoms with Crippen LogP contribution in [0.25, 0.3) is 139 Å². The van der Waals surface area contributed by atoms with Gasteiger partial charge in [0, 0.05) is 60.4 Å². The largest absolute Gasteiger partial charge is 0.309 e. The predicted molar refractivity (Wildman–Crippen MR) is 326 cm³/mol. The summed E-state index contributed by atoms with van der Waals surface area (Å²) in [6, 6.07) is 94.5. The van der Waals surface area contributed by atoms with Gasteiger partial charge in [0.1, 0.15) is 6.07 Å². The summed E-state index contributed by atoms with van der Waals surface area (Å²) >= 11 is 0. The molecule has 4 heterocycles. The highest BCUT2D eigenvalue weighted by Crippen LogP contribution is 2.41. The summed E-state index contributed by atoms with van der Waals surface area (Å²) < 4.78 is 6.98. The lowest BCUT2D eigenvalue weighted by Crippen LogP contribution is -1.99. The Hall–Kier alpha value is -11.6.